The van der Waals surface area contributed by atoms with Crippen molar-refractivity contribution >= 4 is 29.3 Å². The monoisotopic (exact) mass is 485 g/mol. The molecule has 2 unspecified atom stereocenters. The van der Waals surface area contributed by atoms with Gasteiger partial charge in [0, 0.05) is 5.69 Å². The van der Waals surface area contributed by atoms with Gasteiger partial charge in [-0.05, 0) is 61.2 Å². The van der Waals surface area contributed by atoms with Gasteiger partial charge in [-0.3, -0.25) is 24.1 Å². The number of phenolic OH excluding ortho intramolecular Hbond substituents is 1. The summed E-state index contributed by atoms with van der Waals surface area (Å²) in [6.07, 6.45) is 0.165. The van der Waals surface area contributed by atoms with Crippen LogP contribution in [0.25, 0.3) is 0 Å². The quantitative estimate of drug-likeness (QED) is 0.439. The topological polar surface area (TPSA) is 116 Å². The standard InChI is InChI=1S/C28H27N3O5/c1-4-22(31-27(35)20-10-5-6-11-21(20)28(31)36)25(33)30-24(18-12-14-19(32)15-13-18)26(34)29-23-16(2)8-7-9-17(23)3/h5-15,22,24,32H,4H2,1-3H3,(H,29,34)(H,30,33). The van der Waals surface area contributed by atoms with Crippen LogP contribution in [0.5, 0.6) is 5.75 Å². The number of imide groups is 1. The van der Waals surface area contributed by atoms with Gasteiger partial charge in [-0.2, -0.15) is 0 Å². The molecule has 1 aliphatic heterocycles. The smallest absolute Gasteiger partial charge is 0.262 e. The molecule has 4 amide bonds. The molecule has 0 fully saturated rings. The molecule has 8 heteroatoms. The van der Waals surface area contributed by atoms with Crippen molar-refractivity contribution < 1.29 is 24.3 Å². The van der Waals surface area contributed by atoms with Gasteiger partial charge in [-0.25, -0.2) is 0 Å². The molecule has 36 heavy (non-hydrogen) atoms. The van der Waals surface area contributed by atoms with Crippen molar-refractivity contribution in [2.24, 2.45) is 0 Å². The van der Waals surface area contributed by atoms with E-state index in [9.17, 15) is 24.3 Å². The summed E-state index contributed by atoms with van der Waals surface area (Å²) in [5, 5.41) is 15.3. The minimum Gasteiger partial charge on any atom is -0.508 e. The first-order valence-corrected chi connectivity index (χ1v) is 11.7. The number of aromatic hydroxyl groups is 1. The highest BCUT2D eigenvalue weighted by molar-refractivity contribution is 6.23. The van der Waals surface area contributed by atoms with Crippen LogP contribution in [0, 0.1) is 13.8 Å². The van der Waals surface area contributed by atoms with Crippen LogP contribution < -0.4 is 10.6 Å². The molecular weight excluding hydrogens is 458 g/mol. The highest BCUT2D eigenvalue weighted by Gasteiger charge is 2.42. The lowest BCUT2D eigenvalue weighted by Crippen LogP contribution is -2.51. The molecule has 0 bridgehead atoms. The second-order valence-corrected chi connectivity index (χ2v) is 8.74. The summed E-state index contributed by atoms with van der Waals surface area (Å²) in [7, 11) is 0. The van der Waals surface area contributed by atoms with E-state index in [1.54, 1.807) is 31.2 Å². The molecule has 1 heterocycles. The van der Waals surface area contributed by atoms with Crippen molar-refractivity contribution in [1.29, 1.82) is 0 Å². The largest absolute Gasteiger partial charge is 0.508 e. The summed E-state index contributed by atoms with van der Waals surface area (Å²) >= 11 is 0. The fourth-order valence-electron chi connectivity index (χ4n) is 4.39. The number of carbonyl (C=O) groups is 4. The van der Waals surface area contributed by atoms with Gasteiger partial charge in [0.1, 0.15) is 17.8 Å². The number of hydrogen-bond acceptors (Lipinski definition) is 5. The minimum absolute atomic E-state index is 0.0106. The van der Waals surface area contributed by atoms with E-state index in [4.69, 9.17) is 0 Å². The Hall–Kier alpha value is -4.46. The Bertz CT molecular complexity index is 1290. The molecule has 0 aliphatic carbocycles. The van der Waals surface area contributed by atoms with Crippen molar-refractivity contribution in [1.82, 2.24) is 10.2 Å². The van der Waals surface area contributed by atoms with Gasteiger partial charge in [-0.15, -0.1) is 0 Å². The van der Waals surface area contributed by atoms with E-state index in [0.717, 1.165) is 16.0 Å². The predicted molar refractivity (Wildman–Crippen MR) is 135 cm³/mol. The molecule has 3 aromatic rings. The number of carbonyl (C=O) groups excluding carboxylic acids is 4. The Morgan fingerprint density at radius 3 is 1.92 bits per heavy atom. The van der Waals surface area contributed by atoms with Crippen LogP contribution in [0.15, 0.2) is 66.7 Å². The number of rotatable bonds is 7. The number of hydrogen-bond donors (Lipinski definition) is 3. The number of anilines is 1. The molecule has 2 atom stereocenters. The number of benzene rings is 3. The molecular formula is C28H27N3O5. The number of phenols is 1. The first kappa shape index (κ1) is 24.7. The lowest BCUT2D eigenvalue weighted by Gasteiger charge is -2.27. The number of aryl methyl sites for hydroxylation is 2. The Labute approximate surface area is 208 Å². The summed E-state index contributed by atoms with van der Waals surface area (Å²) in [4.78, 5) is 53.8. The lowest BCUT2D eigenvalue weighted by atomic mass is 10.0. The lowest BCUT2D eigenvalue weighted by molar-refractivity contribution is -0.129. The molecule has 184 valence electrons. The van der Waals surface area contributed by atoms with Gasteiger partial charge in [0.05, 0.1) is 11.1 Å². The molecule has 1 aliphatic rings. The van der Waals surface area contributed by atoms with E-state index in [0.29, 0.717) is 11.3 Å². The number of fused-ring (bicyclic) bond motifs is 1. The van der Waals surface area contributed by atoms with Gasteiger partial charge in [0.15, 0.2) is 0 Å². The zero-order chi connectivity index (χ0) is 26.0. The summed E-state index contributed by atoms with van der Waals surface area (Å²) in [6, 6.07) is 15.7. The van der Waals surface area contributed by atoms with E-state index in [-0.39, 0.29) is 23.3 Å². The van der Waals surface area contributed by atoms with Gasteiger partial charge in [-0.1, -0.05) is 49.4 Å². The van der Waals surface area contributed by atoms with Gasteiger partial charge >= 0.3 is 0 Å². The molecule has 0 saturated carbocycles. The molecule has 0 radical (unpaired) electrons. The molecule has 0 saturated heterocycles. The maximum absolute atomic E-state index is 13.5. The first-order valence-electron chi connectivity index (χ1n) is 11.7. The fourth-order valence-corrected chi connectivity index (χ4v) is 4.39. The molecule has 8 nitrogen and oxygen atoms in total. The van der Waals surface area contributed by atoms with Crippen LogP contribution in [0.2, 0.25) is 0 Å². The Balaban J connectivity index is 1.63. The number of para-hydroxylation sites is 1. The van der Waals surface area contributed by atoms with E-state index < -0.39 is 35.7 Å². The maximum atomic E-state index is 13.5. The average molecular weight is 486 g/mol. The SMILES string of the molecule is CCC(C(=O)NC(C(=O)Nc1c(C)cccc1C)c1ccc(O)cc1)N1C(=O)c2ccccc2C1=O. The molecule has 0 spiro atoms. The van der Waals surface area contributed by atoms with Crippen LogP contribution in [0.1, 0.15) is 56.8 Å². The second kappa shape index (κ2) is 10.0. The van der Waals surface area contributed by atoms with Gasteiger partial charge < -0.3 is 15.7 Å². The van der Waals surface area contributed by atoms with E-state index in [2.05, 4.69) is 10.6 Å². The third-order valence-corrected chi connectivity index (χ3v) is 6.33. The number of nitrogens with zero attached hydrogens (tertiary/aromatic N) is 1. The zero-order valence-corrected chi connectivity index (χ0v) is 20.2. The molecule has 0 aromatic heterocycles. The van der Waals surface area contributed by atoms with Crippen molar-refractivity contribution in [2.75, 3.05) is 5.32 Å². The van der Waals surface area contributed by atoms with Gasteiger partial charge in [0.2, 0.25) is 5.91 Å². The van der Waals surface area contributed by atoms with Crippen molar-refractivity contribution in [3.05, 3.63) is 94.5 Å². The van der Waals surface area contributed by atoms with Crippen molar-refractivity contribution in [3.8, 4) is 5.75 Å². The molecule has 4 rings (SSSR count). The second-order valence-electron chi connectivity index (χ2n) is 8.74. The minimum atomic E-state index is -1.14. The molecule has 3 aromatic carbocycles. The Kier molecular flexibility index (Phi) is 6.87. The highest BCUT2D eigenvalue weighted by atomic mass is 16.3. The van der Waals surface area contributed by atoms with Crippen LogP contribution in [0.4, 0.5) is 5.69 Å². The van der Waals surface area contributed by atoms with Gasteiger partial charge in [0.25, 0.3) is 17.7 Å². The summed E-state index contributed by atoms with van der Waals surface area (Å²) in [5.74, 6) is -2.21. The van der Waals surface area contributed by atoms with E-state index in [1.807, 2.05) is 32.0 Å². The van der Waals surface area contributed by atoms with E-state index >= 15 is 0 Å². The third kappa shape index (κ3) is 4.57. The summed E-state index contributed by atoms with van der Waals surface area (Å²) in [6.45, 7) is 5.43. The highest BCUT2D eigenvalue weighted by Crippen LogP contribution is 2.27. The first-order chi connectivity index (χ1) is 17.2. The van der Waals surface area contributed by atoms with Crippen LogP contribution >= 0.6 is 0 Å². The Morgan fingerprint density at radius 1 is 0.833 bits per heavy atom. The van der Waals surface area contributed by atoms with Crippen LogP contribution in [0.3, 0.4) is 0 Å². The fraction of sp³-hybridized carbons (Fsp3) is 0.214. The van der Waals surface area contributed by atoms with Crippen molar-refractivity contribution in [3.63, 3.8) is 0 Å². The Morgan fingerprint density at radius 2 is 1.39 bits per heavy atom. The van der Waals surface area contributed by atoms with E-state index in [1.165, 1.54) is 24.3 Å². The number of amides is 4. The summed E-state index contributed by atoms with van der Waals surface area (Å²) in [5.41, 5.74) is 3.27. The summed E-state index contributed by atoms with van der Waals surface area (Å²) < 4.78 is 0. The number of nitrogens with one attached hydrogen (secondary N) is 2. The van der Waals surface area contributed by atoms with Crippen LogP contribution in [-0.2, 0) is 9.59 Å². The van der Waals surface area contributed by atoms with Crippen LogP contribution in [-0.4, -0.2) is 39.7 Å². The zero-order valence-electron chi connectivity index (χ0n) is 20.2. The third-order valence-electron chi connectivity index (χ3n) is 6.33. The maximum Gasteiger partial charge on any atom is 0.262 e. The predicted octanol–water partition coefficient (Wildman–Crippen LogP) is 3.88. The molecule has 3 N–H and O–H groups in total. The van der Waals surface area contributed by atoms with Crippen molar-refractivity contribution in [2.45, 2.75) is 39.3 Å². The normalized spacial score (nSPS) is 14.2. The average Bonchev–Trinajstić information content (AvgIpc) is 3.11.